The van der Waals surface area contributed by atoms with Crippen molar-refractivity contribution in [3.63, 3.8) is 0 Å². The molecule has 1 saturated carbocycles. The van der Waals surface area contributed by atoms with Gasteiger partial charge in [-0.2, -0.15) is 0 Å². The van der Waals surface area contributed by atoms with E-state index in [1.807, 2.05) is 32.0 Å². The van der Waals surface area contributed by atoms with Gasteiger partial charge in [0.1, 0.15) is 5.75 Å². The largest absolute Gasteiger partial charge is 0.494 e. The second kappa shape index (κ2) is 7.29. The average Bonchev–Trinajstić information content (AvgIpc) is 3.25. The minimum Gasteiger partial charge on any atom is -0.494 e. The summed E-state index contributed by atoms with van der Waals surface area (Å²) in [5.41, 5.74) is 1.13. The first-order valence-electron chi connectivity index (χ1n) is 7.35. The molecule has 0 unspecified atom stereocenters. The van der Waals surface area contributed by atoms with Crippen molar-refractivity contribution in [3.8, 4) is 5.75 Å². The van der Waals surface area contributed by atoms with Gasteiger partial charge in [0.25, 0.3) is 0 Å². The Bertz CT molecular complexity index is 443. The summed E-state index contributed by atoms with van der Waals surface area (Å²) >= 11 is 0. The first-order valence-corrected chi connectivity index (χ1v) is 7.35. The average molecular weight is 277 g/mol. The minimum absolute atomic E-state index is 0.145. The molecule has 1 fully saturated rings. The number of carbonyl (C=O) groups is 1. The van der Waals surface area contributed by atoms with Gasteiger partial charge in [-0.1, -0.05) is 18.2 Å². The molecule has 0 radical (unpaired) electrons. The fourth-order valence-electron chi connectivity index (χ4n) is 2.28. The molecule has 0 heterocycles. The van der Waals surface area contributed by atoms with Crippen molar-refractivity contribution in [2.24, 2.45) is 0 Å². The molecule has 0 N–H and O–H groups in total. The van der Waals surface area contributed by atoms with Crippen LogP contribution in [0.15, 0.2) is 24.3 Å². The molecule has 1 aromatic rings. The van der Waals surface area contributed by atoms with Crippen LogP contribution in [-0.4, -0.2) is 36.7 Å². The normalized spacial score (nSPS) is 14.3. The van der Waals surface area contributed by atoms with Crippen LogP contribution < -0.4 is 4.74 Å². The molecule has 1 aliphatic rings. The lowest BCUT2D eigenvalue weighted by Gasteiger charge is -2.22. The Kier molecular flexibility index (Phi) is 5.41. The molecule has 0 spiro atoms. The zero-order chi connectivity index (χ0) is 14.4. The molecule has 1 aliphatic carbocycles. The van der Waals surface area contributed by atoms with E-state index in [2.05, 4.69) is 11.0 Å². The van der Waals surface area contributed by atoms with E-state index in [0.29, 0.717) is 25.8 Å². The number of rotatable bonds is 8. The van der Waals surface area contributed by atoms with Crippen LogP contribution >= 0.6 is 0 Å². The molecule has 0 aromatic heterocycles. The summed E-state index contributed by atoms with van der Waals surface area (Å²) in [6.07, 6.45) is 2.33. The molecule has 1 aromatic carbocycles. The van der Waals surface area contributed by atoms with Crippen LogP contribution in [-0.2, 0) is 16.1 Å². The molecule has 0 atom stereocenters. The van der Waals surface area contributed by atoms with E-state index in [4.69, 9.17) is 9.47 Å². The van der Waals surface area contributed by atoms with Crippen LogP contribution in [0.4, 0.5) is 0 Å². The predicted molar refractivity (Wildman–Crippen MR) is 77.7 cm³/mol. The molecular weight excluding hydrogens is 254 g/mol. The topological polar surface area (TPSA) is 38.8 Å². The van der Waals surface area contributed by atoms with Crippen LogP contribution in [0.5, 0.6) is 5.75 Å². The molecule has 0 aliphatic heterocycles. The predicted octanol–water partition coefficient (Wildman–Crippen LogP) is 2.61. The summed E-state index contributed by atoms with van der Waals surface area (Å²) in [6, 6.07) is 8.53. The maximum Gasteiger partial charge on any atom is 0.320 e. The van der Waals surface area contributed by atoms with Crippen LogP contribution in [0, 0.1) is 0 Å². The first-order chi connectivity index (χ1) is 9.74. The number of esters is 1. The van der Waals surface area contributed by atoms with Gasteiger partial charge in [-0.15, -0.1) is 0 Å². The smallest absolute Gasteiger partial charge is 0.320 e. The van der Waals surface area contributed by atoms with Crippen LogP contribution in [0.25, 0.3) is 0 Å². The highest BCUT2D eigenvalue weighted by Gasteiger charge is 2.31. The summed E-state index contributed by atoms with van der Waals surface area (Å²) in [5.74, 6) is 0.762. The second-order valence-corrected chi connectivity index (χ2v) is 4.98. The standard InChI is InChI=1S/C16H23NO3/c1-3-19-15-8-6-5-7-13(15)11-17(14-9-10-14)12-16(18)20-4-2/h5-8,14H,3-4,9-12H2,1-2H3. The third kappa shape index (κ3) is 4.23. The van der Waals surface area contributed by atoms with Crippen molar-refractivity contribution in [3.05, 3.63) is 29.8 Å². The van der Waals surface area contributed by atoms with Gasteiger partial charge >= 0.3 is 5.97 Å². The van der Waals surface area contributed by atoms with Gasteiger partial charge in [0, 0.05) is 18.2 Å². The van der Waals surface area contributed by atoms with E-state index in [0.717, 1.165) is 30.7 Å². The molecule has 0 bridgehead atoms. The monoisotopic (exact) mass is 277 g/mol. The van der Waals surface area contributed by atoms with Crippen molar-refractivity contribution in [2.75, 3.05) is 19.8 Å². The number of benzene rings is 1. The SMILES string of the molecule is CCOC(=O)CN(Cc1ccccc1OCC)C1CC1. The van der Waals surface area contributed by atoms with E-state index in [-0.39, 0.29) is 5.97 Å². The Morgan fingerprint density at radius 1 is 1.25 bits per heavy atom. The van der Waals surface area contributed by atoms with Gasteiger partial charge in [0.2, 0.25) is 0 Å². The number of para-hydroxylation sites is 1. The van der Waals surface area contributed by atoms with Gasteiger partial charge in [-0.3, -0.25) is 9.69 Å². The summed E-state index contributed by atoms with van der Waals surface area (Å²) < 4.78 is 10.7. The molecule has 0 saturated heterocycles. The fraction of sp³-hybridized carbons (Fsp3) is 0.562. The van der Waals surface area contributed by atoms with Crippen LogP contribution in [0.1, 0.15) is 32.3 Å². The maximum atomic E-state index is 11.7. The van der Waals surface area contributed by atoms with E-state index in [9.17, 15) is 4.79 Å². The molecule has 20 heavy (non-hydrogen) atoms. The van der Waals surface area contributed by atoms with Gasteiger partial charge < -0.3 is 9.47 Å². The first kappa shape index (κ1) is 14.9. The Morgan fingerprint density at radius 3 is 2.65 bits per heavy atom. The van der Waals surface area contributed by atoms with E-state index >= 15 is 0 Å². The second-order valence-electron chi connectivity index (χ2n) is 4.98. The highest BCUT2D eigenvalue weighted by molar-refractivity contribution is 5.71. The van der Waals surface area contributed by atoms with Gasteiger partial charge in [0.05, 0.1) is 19.8 Å². The lowest BCUT2D eigenvalue weighted by molar-refractivity contribution is -0.144. The highest BCUT2D eigenvalue weighted by Crippen LogP contribution is 2.30. The Labute approximate surface area is 120 Å². The van der Waals surface area contributed by atoms with Crippen molar-refractivity contribution < 1.29 is 14.3 Å². The number of ether oxygens (including phenoxy) is 2. The molecule has 0 amide bonds. The van der Waals surface area contributed by atoms with Crippen molar-refractivity contribution in [1.82, 2.24) is 4.90 Å². The lowest BCUT2D eigenvalue weighted by Crippen LogP contribution is -2.32. The molecule has 4 heteroatoms. The third-order valence-corrected chi connectivity index (χ3v) is 3.35. The van der Waals surface area contributed by atoms with E-state index < -0.39 is 0 Å². The number of nitrogens with zero attached hydrogens (tertiary/aromatic N) is 1. The molecule has 110 valence electrons. The quantitative estimate of drug-likeness (QED) is 0.685. The van der Waals surface area contributed by atoms with Crippen molar-refractivity contribution in [1.29, 1.82) is 0 Å². The van der Waals surface area contributed by atoms with Crippen LogP contribution in [0.2, 0.25) is 0 Å². The van der Waals surface area contributed by atoms with Crippen LogP contribution in [0.3, 0.4) is 0 Å². The van der Waals surface area contributed by atoms with Crippen molar-refractivity contribution in [2.45, 2.75) is 39.3 Å². The molecular formula is C16H23NO3. The third-order valence-electron chi connectivity index (χ3n) is 3.35. The lowest BCUT2D eigenvalue weighted by atomic mass is 10.2. The van der Waals surface area contributed by atoms with Crippen molar-refractivity contribution >= 4 is 5.97 Å². The highest BCUT2D eigenvalue weighted by atomic mass is 16.5. The van der Waals surface area contributed by atoms with Gasteiger partial charge in [-0.25, -0.2) is 0 Å². The molecule has 2 rings (SSSR count). The summed E-state index contributed by atoms with van der Waals surface area (Å²) in [5, 5.41) is 0. The maximum absolute atomic E-state index is 11.7. The summed E-state index contributed by atoms with van der Waals surface area (Å²) in [6.45, 7) is 6.00. The minimum atomic E-state index is -0.145. The van der Waals surface area contributed by atoms with E-state index in [1.165, 1.54) is 0 Å². The Hall–Kier alpha value is -1.55. The number of hydrogen-bond acceptors (Lipinski definition) is 4. The summed E-state index contributed by atoms with van der Waals surface area (Å²) in [7, 11) is 0. The van der Waals surface area contributed by atoms with E-state index in [1.54, 1.807) is 0 Å². The Morgan fingerprint density at radius 2 is 2.00 bits per heavy atom. The molecule has 4 nitrogen and oxygen atoms in total. The number of carbonyl (C=O) groups excluding carboxylic acids is 1. The fourth-order valence-corrected chi connectivity index (χ4v) is 2.28. The van der Waals surface area contributed by atoms with Gasteiger partial charge in [0.15, 0.2) is 0 Å². The summed E-state index contributed by atoms with van der Waals surface area (Å²) in [4.78, 5) is 13.9. The number of hydrogen-bond donors (Lipinski definition) is 0. The van der Waals surface area contributed by atoms with Gasteiger partial charge in [-0.05, 0) is 32.8 Å². The zero-order valence-corrected chi connectivity index (χ0v) is 12.3. The zero-order valence-electron chi connectivity index (χ0n) is 12.3. The Balaban J connectivity index is 2.02.